The van der Waals surface area contributed by atoms with E-state index in [1.54, 1.807) is 0 Å². The van der Waals surface area contributed by atoms with Gasteiger partial charge in [0.1, 0.15) is 11.6 Å². The standard InChI is InChI=1S/C17H18FN2O2P/c18-14-8-10-17(11-9-14)22-23(21)19-12-4-7-16(19)13-20(23)15-5-2-1-3-6-15/h1-3,5-6,8-11,16H,4,7,12-13H2/t16-,23+/m0/s1. The summed E-state index contributed by atoms with van der Waals surface area (Å²) in [6.45, 7) is 1.47. The Kier molecular flexibility index (Phi) is 3.63. The minimum absolute atomic E-state index is 0.251. The van der Waals surface area contributed by atoms with Crippen molar-refractivity contribution >= 4 is 13.4 Å². The highest BCUT2D eigenvalue weighted by molar-refractivity contribution is 7.59. The second-order valence-electron chi connectivity index (χ2n) is 5.91. The number of hydrogen-bond donors (Lipinski definition) is 0. The molecule has 0 bridgehead atoms. The molecule has 2 aromatic carbocycles. The lowest BCUT2D eigenvalue weighted by Gasteiger charge is -2.30. The molecule has 0 saturated carbocycles. The first kappa shape index (κ1) is 14.7. The Morgan fingerprint density at radius 1 is 1.09 bits per heavy atom. The molecule has 0 amide bonds. The van der Waals surface area contributed by atoms with E-state index in [1.165, 1.54) is 24.3 Å². The highest BCUT2D eigenvalue weighted by atomic mass is 31.2. The fourth-order valence-electron chi connectivity index (χ4n) is 3.37. The Balaban J connectivity index is 1.71. The zero-order chi connectivity index (χ0) is 15.9. The van der Waals surface area contributed by atoms with Gasteiger partial charge in [-0.05, 0) is 49.2 Å². The lowest BCUT2D eigenvalue weighted by molar-refractivity contribution is 0.374. The first-order valence-corrected chi connectivity index (χ1v) is 9.35. The van der Waals surface area contributed by atoms with Crippen molar-refractivity contribution in [3.8, 4) is 5.75 Å². The molecule has 0 aliphatic carbocycles. The van der Waals surface area contributed by atoms with Gasteiger partial charge < -0.3 is 4.52 Å². The second kappa shape index (κ2) is 5.66. The van der Waals surface area contributed by atoms with Gasteiger partial charge in [-0.15, -0.1) is 0 Å². The number of nitrogens with zero attached hydrogens (tertiary/aromatic N) is 2. The lowest BCUT2D eigenvalue weighted by Crippen LogP contribution is -2.23. The zero-order valence-electron chi connectivity index (χ0n) is 12.6. The van der Waals surface area contributed by atoms with Crippen LogP contribution in [0, 0.1) is 5.82 Å². The highest BCUT2D eigenvalue weighted by Crippen LogP contribution is 2.62. The Hall–Kier alpha value is -1.84. The molecule has 2 aliphatic rings. The van der Waals surface area contributed by atoms with Gasteiger partial charge in [-0.1, -0.05) is 18.2 Å². The van der Waals surface area contributed by atoms with Crippen molar-refractivity contribution in [3.05, 3.63) is 60.4 Å². The number of rotatable bonds is 3. The van der Waals surface area contributed by atoms with Gasteiger partial charge in [-0.2, -0.15) is 4.67 Å². The van der Waals surface area contributed by atoms with Crippen molar-refractivity contribution in [2.45, 2.75) is 18.9 Å². The Labute approximate surface area is 135 Å². The van der Waals surface area contributed by atoms with E-state index in [2.05, 4.69) is 0 Å². The van der Waals surface area contributed by atoms with E-state index in [-0.39, 0.29) is 11.9 Å². The molecular weight excluding hydrogens is 314 g/mol. The molecule has 4 nitrogen and oxygen atoms in total. The monoisotopic (exact) mass is 332 g/mol. The minimum atomic E-state index is -3.20. The van der Waals surface area contributed by atoms with Gasteiger partial charge in [0.2, 0.25) is 0 Å². The summed E-state index contributed by atoms with van der Waals surface area (Å²) in [5.41, 5.74) is 0.896. The zero-order valence-corrected chi connectivity index (χ0v) is 13.5. The predicted molar refractivity (Wildman–Crippen MR) is 88.2 cm³/mol. The van der Waals surface area contributed by atoms with Crippen LogP contribution < -0.4 is 9.19 Å². The van der Waals surface area contributed by atoms with Crippen LogP contribution in [0.5, 0.6) is 5.75 Å². The molecule has 2 fully saturated rings. The molecule has 0 N–H and O–H groups in total. The number of hydrogen-bond acceptors (Lipinski definition) is 2. The van der Waals surface area contributed by atoms with E-state index < -0.39 is 7.67 Å². The molecule has 0 aromatic heterocycles. The summed E-state index contributed by atoms with van der Waals surface area (Å²) in [4.78, 5) is 0. The van der Waals surface area contributed by atoms with E-state index >= 15 is 0 Å². The maximum atomic E-state index is 13.7. The van der Waals surface area contributed by atoms with Crippen molar-refractivity contribution in [1.82, 2.24) is 4.67 Å². The summed E-state index contributed by atoms with van der Waals surface area (Å²) in [6.07, 6.45) is 2.06. The van der Waals surface area contributed by atoms with Crippen LogP contribution >= 0.6 is 7.67 Å². The van der Waals surface area contributed by atoms with Crippen LogP contribution in [0.1, 0.15) is 12.8 Å². The molecule has 0 unspecified atom stereocenters. The summed E-state index contributed by atoms with van der Waals surface area (Å²) < 4.78 is 36.7. The second-order valence-corrected chi connectivity index (χ2v) is 8.07. The Morgan fingerprint density at radius 3 is 2.57 bits per heavy atom. The summed E-state index contributed by atoms with van der Waals surface area (Å²) in [5.74, 6) is 0.101. The molecule has 2 saturated heterocycles. The fourth-order valence-corrected chi connectivity index (χ4v) is 6.06. The number of benzene rings is 2. The Morgan fingerprint density at radius 2 is 1.83 bits per heavy atom. The van der Waals surface area contributed by atoms with Crippen molar-refractivity contribution in [1.29, 1.82) is 0 Å². The molecule has 23 heavy (non-hydrogen) atoms. The normalized spacial score (nSPS) is 27.2. The van der Waals surface area contributed by atoms with Gasteiger partial charge in [-0.3, -0.25) is 4.67 Å². The van der Waals surface area contributed by atoms with Gasteiger partial charge in [-0.25, -0.2) is 8.96 Å². The van der Waals surface area contributed by atoms with Crippen LogP contribution in [-0.2, 0) is 4.57 Å². The largest absolute Gasteiger partial charge is 0.422 e. The van der Waals surface area contributed by atoms with Crippen LogP contribution in [0.3, 0.4) is 0 Å². The molecular formula is C17H18FN2O2P. The molecule has 0 radical (unpaired) electrons. The van der Waals surface area contributed by atoms with Crippen molar-refractivity contribution in [2.24, 2.45) is 0 Å². The van der Waals surface area contributed by atoms with Crippen LogP contribution in [0.4, 0.5) is 10.1 Å². The summed E-state index contributed by atoms with van der Waals surface area (Å²) in [6, 6.07) is 15.7. The maximum Gasteiger partial charge on any atom is 0.422 e. The molecule has 2 atom stereocenters. The van der Waals surface area contributed by atoms with Crippen LogP contribution in [0.25, 0.3) is 0 Å². The first-order chi connectivity index (χ1) is 11.2. The van der Waals surface area contributed by atoms with Gasteiger partial charge in [0.05, 0.1) is 0 Å². The fraction of sp³-hybridized carbons (Fsp3) is 0.294. The number of para-hydroxylation sites is 1. The van der Waals surface area contributed by atoms with Gasteiger partial charge in [0.15, 0.2) is 0 Å². The van der Waals surface area contributed by atoms with Gasteiger partial charge in [0, 0.05) is 24.8 Å². The third kappa shape index (κ3) is 2.54. The average molecular weight is 332 g/mol. The SMILES string of the molecule is O=[P@]1(Oc2ccc(F)cc2)N(c2ccccc2)C[C@@H]2CCCN21. The maximum absolute atomic E-state index is 13.7. The quantitative estimate of drug-likeness (QED) is 0.785. The molecule has 2 heterocycles. The van der Waals surface area contributed by atoms with E-state index in [0.29, 0.717) is 12.3 Å². The summed E-state index contributed by atoms with van der Waals surface area (Å²) in [5, 5.41) is 0. The number of anilines is 1. The van der Waals surface area contributed by atoms with E-state index in [0.717, 1.165) is 25.1 Å². The smallest absolute Gasteiger partial charge is 0.418 e. The molecule has 4 rings (SSSR count). The van der Waals surface area contributed by atoms with Crippen LogP contribution in [-0.4, -0.2) is 23.8 Å². The molecule has 6 heteroatoms. The molecule has 2 aliphatic heterocycles. The third-order valence-corrected chi connectivity index (χ3v) is 7.08. The topological polar surface area (TPSA) is 32.8 Å². The first-order valence-electron chi connectivity index (χ1n) is 7.82. The average Bonchev–Trinajstić information content (AvgIpc) is 3.13. The van der Waals surface area contributed by atoms with E-state index in [9.17, 15) is 8.96 Å². The van der Waals surface area contributed by atoms with E-state index in [4.69, 9.17) is 4.52 Å². The highest BCUT2D eigenvalue weighted by Gasteiger charge is 2.53. The number of halogens is 1. The van der Waals surface area contributed by atoms with E-state index in [1.807, 2.05) is 39.7 Å². The molecule has 0 spiro atoms. The van der Waals surface area contributed by atoms with Crippen LogP contribution in [0.15, 0.2) is 54.6 Å². The van der Waals surface area contributed by atoms with Crippen molar-refractivity contribution in [3.63, 3.8) is 0 Å². The summed E-state index contributed by atoms with van der Waals surface area (Å²) >= 11 is 0. The predicted octanol–water partition coefficient (Wildman–Crippen LogP) is 4.30. The minimum Gasteiger partial charge on any atom is -0.418 e. The molecule has 120 valence electrons. The number of fused-ring (bicyclic) bond motifs is 1. The lowest BCUT2D eigenvalue weighted by atomic mass is 10.2. The summed E-state index contributed by atoms with van der Waals surface area (Å²) in [7, 11) is -3.20. The van der Waals surface area contributed by atoms with Crippen LogP contribution in [0.2, 0.25) is 0 Å². The van der Waals surface area contributed by atoms with Crippen molar-refractivity contribution < 1.29 is 13.5 Å². The van der Waals surface area contributed by atoms with Gasteiger partial charge >= 0.3 is 7.67 Å². The van der Waals surface area contributed by atoms with Crippen molar-refractivity contribution in [2.75, 3.05) is 17.8 Å². The third-order valence-electron chi connectivity index (χ3n) is 4.45. The van der Waals surface area contributed by atoms with Gasteiger partial charge in [0.25, 0.3) is 0 Å². The Bertz CT molecular complexity index is 738. The molecule has 2 aromatic rings.